The molecule has 1 atom stereocenters. The van der Waals surface area contributed by atoms with Crippen LogP contribution in [0.25, 0.3) is 4.72 Å². The third-order valence-corrected chi connectivity index (χ3v) is 5.66. The van der Waals surface area contributed by atoms with Gasteiger partial charge in [-0.2, -0.15) is 0 Å². The van der Waals surface area contributed by atoms with Crippen LogP contribution >= 0.6 is 0 Å². The predicted molar refractivity (Wildman–Crippen MR) is 113 cm³/mol. The van der Waals surface area contributed by atoms with Crippen molar-refractivity contribution in [2.75, 3.05) is 11.9 Å². The van der Waals surface area contributed by atoms with Gasteiger partial charge in [0, 0.05) is 11.6 Å². The maximum atomic E-state index is 12.6. The lowest BCUT2D eigenvalue weighted by Gasteiger charge is -2.25. The van der Waals surface area contributed by atoms with Gasteiger partial charge in [-0.05, 0) is 61.6 Å². The first kappa shape index (κ1) is 20.6. The van der Waals surface area contributed by atoms with Gasteiger partial charge in [-0.25, -0.2) is 8.42 Å². The molecule has 2 heterocycles. The fourth-order valence-corrected chi connectivity index (χ4v) is 3.87. The number of nitrogens with one attached hydrogen (secondary N) is 1. The number of fused-ring (bicyclic) bond motifs is 1. The average Bonchev–Trinajstić information content (AvgIpc) is 2.72. The van der Waals surface area contributed by atoms with Crippen LogP contribution in [-0.4, -0.2) is 37.0 Å². The van der Waals surface area contributed by atoms with Crippen molar-refractivity contribution >= 4 is 27.6 Å². The summed E-state index contributed by atoms with van der Waals surface area (Å²) in [6, 6.07) is 14.5. The van der Waals surface area contributed by atoms with Gasteiger partial charge < -0.3 is 24.8 Å². The maximum Gasteiger partial charge on any atom is 0.269 e. The van der Waals surface area contributed by atoms with Crippen molar-refractivity contribution in [3.63, 3.8) is 0 Å². The quantitative estimate of drug-likeness (QED) is 0.647. The van der Waals surface area contributed by atoms with Gasteiger partial charge in [0.25, 0.3) is 5.91 Å². The Morgan fingerprint density at radius 3 is 2.35 bits per heavy atom. The summed E-state index contributed by atoms with van der Waals surface area (Å²) in [5.74, 6) is 0.547. The number of ether oxygens (including phenoxy) is 2. The highest BCUT2D eigenvalue weighted by Crippen LogP contribution is 2.31. The molecule has 1 aliphatic heterocycles. The number of carbonyl (C=O) groups excluding carboxylic acids is 1. The van der Waals surface area contributed by atoms with Gasteiger partial charge in [0.2, 0.25) is 16.1 Å². The molecule has 0 bridgehead atoms. The Labute approximate surface area is 179 Å². The highest BCUT2D eigenvalue weighted by atomic mass is 32.2. The number of hydrogen-bond donors (Lipinski definition) is 1. The number of aromatic nitrogens is 2. The molecule has 0 spiro atoms. The molecule has 2 aromatic carbocycles. The number of para-hydroxylation sites is 2. The Morgan fingerprint density at radius 2 is 1.68 bits per heavy atom. The zero-order chi connectivity index (χ0) is 22.0. The van der Waals surface area contributed by atoms with E-state index in [1.54, 1.807) is 38.1 Å². The van der Waals surface area contributed by atoms with Gasteiger partial charge in [-0.15, -0.1) is 0 Å². The molecule has 1 unspecified atom stereocenters. The average molecular weight is 439 g/mol. The highest BCUT2D eigenvalue weighted by Gasteiger charge is 2.27. The Bertz CT molecular complexity index is 1210. The molecule has 0 saturated carbocycles. The van der Waals surface area contributed by atoms with Crippen molar-refractivity contribution in [3.05, 3.63) is 70.7 Å². The smallest absolute Gasteiger partial charge is 0.269 e. The minimum Gasteiger partial charge on any atom is -0.485 e. The molecule has 1 amide bonds. The van der Waals surface area contributed by atoms with Crippen molar-refractivity contribution in [3.8, 4) is 11.5 Å². The molecule has 1 aromatic heterocycles. The summed E-state index contributed by atoms with van der Waals surface area (Å²) in [5.41, 5.74) is 1.65. The molecule has 1 N–H and O–H groups in total. The molecule has 0 fully saturated rings. The maximum absolute atomic E-state index is 12.6. The second-order valence-corrected chi connectivity index (χ2v) is 8.50. The molecule has 3 aromatic rings. The third kappa shape index (κ3) is 4.75. The van der Waals surface area contributed by atoms with E-state index in [0.717, 1.165) is 0 Å². The number of amides is 1. The van der Waals surface area contributed by atoms with Crippen LogP contribution in [-0.2, 0) is 14.8 Å². The molecule has 31 heavy (non-hydrogen) atoms. The summed E-state index contributed by atoms with van der Waals surface area (Å²) in [6.07, 6.45) is -0.824. The van der Waals surface area contributed by atoms with Gasteiger partial charge in [-0.3, -0.25) is 9.52 Å². The number of aryl methyl sites for hydroxylation is 2. The molecule has 10 heteroatoms. The summed E-state index contributed by atoms with van der Waals surface area (Å²) in [7, 11) is -4.00. The van der Waals surface area contributed by atoms with Crippen LogP contribution in [0.1, 0.15) is 11.4 Å². The topological polar surface area (TPSA) is 122 Å². The first-order valence-corrected chi connectivity index (χ1v) is 10.8. The Morgan fingerprint density at radius 1 is 1.03 bits per heavy atom. The van der Waals surface area contributed by atoms with Gasteiger partial charge >= 0.3 is 0 Å². The van der Waals surface area contributed by atoms with Crippen LogP contribution in [0.2, 0.25) is 0 Å². The van der Waals surface area contributed by atoms with Crippen molar-refractivity contribution in [1.29, 1.82) is 0 Å². The Kier molecular flexibility index (Phi) is 5.47. The van der Waals surface area contributed by atoms with E-state index in [4.69, 9.17) is 9.47 Å². The van der Waals surface area contributed by atoms with E-state index in [-0.39, 0.29) is 17.5 Å². The SMILES string of the molecule is Cc1cc(C)nc([N-]S(=O)(=O)c2ccc(NC(=O)C3COc4ccccc4O3)cc2)n1. The van der Waals surface area contributed by atoms with E-state index in [0.29, 0.717) is 28.6 Å². The number of sulfonamides is 1. The van der Waals surface area contributed by atoms with Gasteiger partial charge in [0.15, 0.2) is 11.5 Å². The lowest BCUT2D eigenvalue weighted by atomic mass is 10.2. The number of carbonyl (C=O) groups is 1. The van der Waals surface area contributed by atoms with E-state index >= 15 is 0 Å². The Hall–Kier alpha value is -3.66. The fraction of sp³-hybridized carbons (Fsp3) is 0.190. The Balaban J connectivity index is 1.42. The van der Waals surface area contributed by atoms with Crippen LogP contribution in [0.3, 0.4) is 0 Å². The minimum atomic E-state index is -4.00. The van der Waals surface area contributed by atoms with Crippen molar-refractivity contribution < 1.29 is 22.7 Å². The highest BCUT2D eigenvalue weighted by molar-refractivity contribution is 7.94. The summed E-state index contributed by atoms with van der Waals surface area (Å²) >= 11 is 0. The lowest BCUT2D eigenvalue weighted by molar-refractivity contribution is -0.125. The molecular formula is C21H19N4O5S-. The summed E-state index contributed by atoms with van der Waals surface area (Å²) in [5, 5.41) is 2.69. The fourth-order valence-electron chi connectivity index (χ4n) is 2.99. The van der Waals surface area contributed by atoms with Crippen molar-refractivity contribution in [2.24, 2.45) is 0 Å². The van der Waals surface area contributed by atoms with Gasteiger partial charge in [-0.1, -0.05) is 18.2 Å². The molecule has 0 aliphatic carbocycles. The van der Waals surface area contributed by atoms with Gasteiger partial charge in [0.1, 0.15) is 6.61 Å². The lowest BCUT2D eigenvalue weighted by Crippen LogP contribution is -2.40. The number of rotatable bonds is 5. The van der Waals surface area contributed by atoms with E-state index in [1.165, 1.54) is 24.3 Å². The molecule has 1 aliphatic rings. The third-order valence-electron chi connectivity index (χ3n) is 4.39. The molecule has 160 valence electrons. The number of benzene rings is 2. The van der Waals surface area contributed by atoms with Crippen LogP contribution in [0.4, 0.5) is 11.6 Å². The van der Waals surface area contributed by atoms with Crippen LogP contribution in [0, 0.1) is 13.8 Å². The number of nitrogens with zero attached hydrogens (tertiary/aromatic N) is 3. The first-order chi connectivity index (χ1) is 14.8. The first-order valence-electron chi connectivity index (χ1n) is 9.40. The predicted octanol–water partition coefficient (Wildman–Crippen LogP) is 3.27. The number of hydrogen-bond acceptors (Lipinski definition) is 7. The van der Waals surface area contributed by atoms with Crippen LogP contribution < -0.4 is 14.8 Å². The molecule has 0 radical (unpaired) electrons. The monoisotopic (exact) mass is 439 g/mol. The molecule has 0 saturated heterocycles. The second kappa shape index (κ2) is 8.23. The van der Waals surface area contributed by atoms with E-state index in [2.05, 4.69) is 20.0 Å². The van der Waals surface area contributed by atoms with Gasteiger partial charge in [0.05, 0.1) is 4.90 Å². The second-order valence-electron chi connectivity index (χ2n) is 6.89. The van der Waals surface area contributed by atoms with Crippen LogP contribution in [0.5, 0.6) is 11.5 Å². The zero-order valence-corrected chi connectivity index (χ0v) is 17.6. The molecule has 4 rings (SSSR count). The normalized spacial score (nSPS) is 15.2. The summed E-state index contributed by atoms with van der Waals surface area (Å²) in [6.45, 7) is 3.54. The van der Waals surface area contributed by atoms with Crippen molar-refractivity contribution in [1.82, 2.24) is 9.97 Å². The summed E-state index contributed by atoms with van der Waals surface area (Å²) in [4.78, 5) is 20.5. The number of anilines is 1. The largest absolute Gasteiger partial charge is 0.485 e. The van der Waals surface area contributed by atoms with E-state index in [9.17, 15) is 13.2 Å². The zero-order valence-electron chi connectivity index (χ0n) is 16.8. The molecular weight excluding hydrogens is 420 g/mol. The minimum absolute atomic E-state index is 0.0422. The summed E-state index contributed by atoms with van der Waals surface area (Å²) < 4.78 is 40.0. The van der Waals surface area contributed by atoms with E-state index in [1.807, 2.05) is 6.07 Å². The molecule has 9 nitrogen and oxygen atoms in total. The van der Waals surface area contributed by atoms with Crippen molar-refractivity contribution in [2.45, 2.75) is 24.8 Å². The van der Waals surface area contributed by atoms with Crippen LogP contribution in [0.15, 0.2) is 59.5 Å². The van der Waals surface area contributed by atoms with E-state index < -0.39 is 22.0 Å². The standard InChI is InChI=1S/C21H20N4O5S/c1-13-11-14(2)23-21(22-13)25-31(27,28)16-9-7-15(8-10-16)24-20(26)19-12-29-17-5-3-4-6-18(17)30-19/h3-11,19H,12H2,1-2H3,(H2,22,23,24,25,26)/p-1.